The van der Waals surface area contributed by atoms with Crippen LogP contribution in [0.15, 0.2) is 12.1 Å². The van der Waals surface area contributed by atoms with Crippen molar-refractivity contribution < 1.29 is 9.66 Å². The van der Waals surface area contributed by atoms with Crippen LogP contribution in [0.2, 0.25) is 5.15 Å². The first kappa shape index (κ1) is 8.73. The molecule has 0 aliphatic carbocycles. The summed E-state index contributed by atoms with van der Waals surface area (Å²) in [6, 6.07) is 2.36. The Balaban J connectivity index is 3.15. The van der Waals surface area contributed by atoms with Crippen molar-refractivity contribution in [2.75, 3.05) is 7.11 Å². The Morgan fingerprint density at radius 3 is 2.83 bits per heavy atom. The topological polar surface area (TPSA) is 65.3 Å². The van der Waals surface area contributed by atoms with E-state index in [2.05, 4.69) is 9.72 Å². The van der Waals surface area contributed by atoms with Gasteiger partial charge in [0.25, 0.3) is 5.69 Å². The van der Waals surface area contributed by atoms with E-state index >= 15 is 0 Å². The van der Waals surface area contributed by atoms with Gasteiger partial charge >= 0.3 is 0 Å². The summed E-state index contributed by atoms with van der Waals surface area (Å²) in [7, 11) is 1.36. The number of rotatable bonds is 2. The summed E-state index contributed by atoms with van der Waals surface area (Å²) < 4.78 is 4.69. The van der Waals surface area contributed by atoms with Gasteiger partial charge in [0.1, 0.15) is 5.15 Å². The van der Waals surface area contributed by atoms with E-state index in [9.17, 15) is 10.1 Å². The van der Waals surface area contributed by atoms with Gasteiger partial charge < -0.3 is 4.74 Å². The molecule has 0 N–H and O–H groups in total. The predicted molar refractivity (Wildman–Crippen MR) is 42.5 cm³/mol. The van der Waals surface area contributed by atoms with Crippen LogP contribution < -0.4 is 4.74 Å². The van der Waals surface area contributed by atoms with E-state index in [1.165, 1.54) is 13.2 Å². The summed E-state index contributed by atoms with van der Waals surface area (Å²) in [6.45, 7) is 0. The van der Waals surface area contributed by atoms with Crippen molar-refractivity contribution in [1.82, 2.24) is 4.98 Å². The van der Waals surface area contributed by atoms with Crippen molar-refractivity contribution in [2.24, 2.45) is 0 Å². The van der Waals surface area contributed by atoms with E-state index in [0.29, 0.717) is 0 Å². The summed E-state index contributed by atoms with van der Waals surface area (Å²) in [5.41, 5.74) is -0.133. The summed E-state index contributed by atoms with van der Waals surface area (Å²) in [6.07, 6.45) is 0. The zero-order chi connectivity index (χ0) is 9.14. The van der Waals surface area contributed by atoms with Gasteiger partial charge in [-0.25, -0.2) is 4.98 Å². The fourth-order valence-electron chi connectivity index (χ4n) is 0.670. The first-order valence-electron chi connectivity index (χ1n) is 2.99. The van der Waals surface area contributed by atoms with Crippen molar-refractivity contribution in [1.29, 1.82) is 0 Å². The van der Waals surface area contributed by atoms with Gasteiger partial charge in [0.15, 0.2) is 0 Å². The highest BCUT2D eigenvalue weighted by Gasteiger charge is 2.09. The van der Waals surface area contributed by atoms with Gasteiger partial charge in [-0.2, -0.15) is 0 Å². The minimum absolute atomic E-state index is 0.0426. The van der Waals surface area contributed by atoms with E-state index in [-0.39, 0.29) is 16.7 Å². The molecule has 6 heteroatoms. The van der Waals surface area contributed by atoms with Gasteiger partial charge in [-0.1, -0.05) is 11.6 Å². The highest BCUT2D eigenvalue weighted by atomic mass is 35.5. The second-order valence-corrected chi connectivity index (χ2v) is 2.33. The number of nitro groups is 1. The average molecular weight is 189 g/mol. The molecule has 0 amide bonds. The molecule has 0 bridgehead atoms. The molecule has 1 aromatic rings. The van der Waals surface area contributed by atoms with Crippen LogP contribution in [0.25, 0.3) is 0 Å². The Morgan fingerprint density at radius 1 is 1.67 bits per heavy atom. The summed E-state index contributed by atoms with van der Waals surface area (Å²) >= 11 is 5.48. The quantitative estimate of drug-likeness (QED) is 0.402. The number of hydrogen-bond acceptors (Lipinski definition) is 4. The van der Waals surface area contributed by atoms with Crippen LogP contribution >= 0.6 is 11.6 Å². The molecule has 0 fully saturated rings. The highest BCUT2D eigenvalue weighted by Crippen LogP contribution is 2.21. The third-order valence-electron chi connectivity index (χ3n) is 1.18. The molecule has 0 aromatic carbocycles. The predicted octanol–water partition coefficient (Wildman–Crippen LogP) is 1.65. The molecule has 0 aliphatic rings. The Kier molecular flexibility index (Phi) is 2.44. The van der Waals surface area contributed by atoms with Crippen LogP contribution in [0.4, 0.5) is 5.69 Å². The van der Waals surface area contributed by atoms with Crippen molar-refractivity contribution >= 4 is 17.3 Å². The van der Waals surface area contributed by atoms with Crippen LogP contribution in [0.5, 0.6) is 5.88 Å². The zero-order valence-corrected chi connectivity index (χ0v) is 6.91. The lowest BCUT2D eigenvalue weighted by Gasteiger charge is -1.97. The van der Waals surface area contributed by atoms with Crippen molar-refractivity contribution in [3.63, 3.8) is 0 Å². The molecule has 0 saturated heterocycles. The lowest BCUT2D eigenvalue weighted by atomic mass is 10.4. The van der Waals surface area contributed by atoms with Gasteiger partial charge in [-0.15, -0.1) is 0 Å². The van der Waals surface area contributed by atoms with Crippen LogP contribution in [0.3, 0.4) is 0 Å². The number of ether oxygens (including phenoxy) is 1. The van der Waals surface area contributed by atoms with Gasteiger partial charge in [0, 0.05) is 0 Å². The summed E-state index contributed by atoms with van der Waals surface area (Å²) in [5.74, 6) is 0.134. The lowest BCUT2D eigenvalue weighted by Crippen LogP contribution is -1.92. The molecular weight excluding hydrogens is 184 g/mol. The number of hydrogen-bond donors (Lipinski definition) is 0. The number of pyridine rings is 1. The Morgan fingerprint density at radius 2 is 2.33 bits per heavy atom. The monoisotopic (exact) mass is 188 g/mol. The van der Waals surface area contributed by atoms with Crippen molar-refractivity contribution in [3.05, 3.63) is 27.4 Å². The standard InChI is InChI=1S/C6H5ClN2O3/c1-12-6-3-4(9(10)11)2-5(7)8-6/h2-3H,1H3. The fraction of sp³-hybridized carbons (Fsp3) is 0.167. The summed E-state index contributed by atoms with van der Waals surface area (Å²) in [5, 5.41) is 10.3. The first-order chi connectivity index (χ1) is 5.63. The molecule has 0 aliphatic heterocycles. The van der Waals surface area contributed by atoms with Crippen LogP contribution in [0, 0.1) is 10.1 Å². The molecule has 1 aromatic heterocycles. The molecule has 0 atom stereocenters. The molecule has 1 heterocycles. The Hall–Kier alpha value is -1.36. The second kappa shape index (κ2) is 3.36. The SMILES string of the molecule is COc1cc([N+](=O)[O-])cc(Cl)n1. The molecule has 64 valence electrons. The number of methoxy groups -OCH3 is 1. The third-order valence-corrected chi connectivity index (χ3v) is 1.37. The maximum Gasteiger partial charge on any atom is 0.277 e. The van der Waals surface area contributed by atoms with E-state index in [1.54, 1.807) is 0 Å². The van der Waals surface area contributed by atoms with Gasteiger partial charge in [-0.05, 0) is 0 Å². The maximum absolute atomic E-state index is 10.3. The normalized spacial score (nSPS) is 9.50. The minimum Gasteiger partial charge on any atom is -0.481 e. The second-order valence-electron chi connectivity index (χ2n) is 1.95. The van der Waals surface area contributed by atoms with E-state index in [1.807, 2.05) is 0 Å². The lowest BCUT2D eigenvalue weighted by molar-refractivity contribution is -0.385. The van der Waals surface area contributed by atoms with Gasteiger partial charge in [-0.3, -0.25) is 10.1 Å². The smallest absolute Gasteiger partial charge is 0.277 e. The van der Waals surface area contributed by atoms with E-state index in [4.69, 9.17) is 11.6 Å². The van der Waals surface area contributed by atoms with E-state index in [0.717, 1.165) is 6.07 Å². The van der Waals surface area contributed by atoms with E-state index < -0.39 is 4.92 Å². The first-order valence-corrected chi connectivity index (χ1v) is 3.37. The zero-order valence-electron chi connectivity index (χ0n) is 6.15. The number of aromatic nitrogens is 1. The Labute approximate surface area is 73.1 Å². The number of nitrogens with zero attached hydrogens (tertiary/aromatic N) is 2. The van der Waals surface area contributed by atoms with Crippen LogP contribution in [0.1, 0.15) is 0 Å². The molecule has 0 spiro atoms. The van der Waals surface area contributed by atoms with Crippen LogP contribution in [-0.2, 0) is 0 Å². The van der Waals surface area contributed by atoms with Gasteiger partial charge in [0.05, 0.1) is 24.2 Å². The fourth-order valence-corrected chi connectivity index (χ4v) is 0.865. The molecule has 5 nitrogen and oxygen atoms in total. The highest BCUT2D eigenvalue weighted by molar-refractivity contribution is 6.29. The maximum atomic E-state index is 10.3. The molecular formula is C6H5ClN2O3. The summed E-state index contributed by atoms with van der Waals surface area (Å²) in [4.78, 5) is 13.4. The third kappa shape index (κ3) is 1.82. The minimum atomic E-state index is -0.559. The van der Waals surface area contributed by atoms with Crippen LogP contribution in [-0.4, -0.2) is 17.0 Å². The molecule has 0 radical (unpaired) electrons. The largest absolute Gasteiger partial charge is 0.481 e. The van der Waals surface area contributed by atoms with Crippen molar-refractivity contribution in [3.8, 4) is 5.88 Å². The molecule has 0 saturated carbocycles. The van der Waals surface area contributed by atoms with Gasteiger partial charge in [0.2, 0.25) is 5.88 Å². The molecule has 0 unspecified atom stereocenters. The average Bonchev–Trinajstić information content (AvgIpc) is 2.03. The molecule has 1 rings (SSSR count). The molecule has 12 heavy (non-hydrogen) atoms. The van der Waals surface area contributed by atoms with Crippen molar-refractivity contribution in [2.45, 2.75) is 0 Å². The Bertz CT molecular complexity index is 316. The number of halogens is 1.